The first-order valence-electron chi connectivity index (χ1n) is 4.38. The van der Waals surface area contributed by atoms with Gasteiger partial charge in [0.15, 0.2) is 5.65 Å². The third-order valence-corrected chi connectivity index (χ3v) is 1.85. The fraction of sp³-hybridized carbons (Fsp3) is 0.222. The van der Waals surface area contributed by atoms with Crippen molar-refractivity contribution in [2.45, 2.75) is 0 Å². The summed E-state index contributed by atoms with van der Waals surface area (Å²) in [7, 11) is 1.47. The molecule has 0 bridgehead atoms. The van der Waals surface area contributed by atoms with Crippen LogP contribution in [0.1, 0.15) is 0 Å². The Balaban J connectivity index is 2.17. The van der Waals surface area contributed by atoms with Crippen molar-refractivity contribution >= 4 is 17.2 Å². The van der Waals surface area contributed by atoms with Gasteiger partial charge in [-0.25, -0.2) is 0 Å². The molecule has 0 fully saturated rings. The van der Waals surface area contributed by atoms with Crippen LogP contribution in [0.2, 0.25) is 0 Å². The van der Waals surface area contributed by atoms with Gasteiger partial charge in [0.25, 0.3) is 0 Å². The van der Waals surface area contributed by atoms with Gasteiger partial charge in [0, 0.05) is 13.3 Å². The van der Waals surface area contributed by atoms with Gasteiger partial charge in [-0.05, 0) is 12.1 Å². The van der Waals surface area contributed by atoms with Crippen molar-refractivity contribution < 1.29 is 9.53 Å². The van der Waals surface area contributed by atoms with E-state index in [1.54, 1.807) is 29.1 Å². The topological polar surface area (TPSA) is 68.5 Å². The molecule has 2 rings (SSSR count). The molecule has 0 aliphatic heterocycles. The molecule has 2 aromatic heterocycles. The third-order valence-electron chi connectivity index (χ3n) is 1.85. The first kappa shape index (κ1) is 9.60. The van der Waals surface area contributed by atoms with Crippen LogP contribution in [-0.4, -0.2) is 34.2 Å². The van der Waals surface area contributed by atoms with Crippen LogP contribution in [-0.2, 0) is 9.53 Å². The SMILES string of the molecule is COCC(=O)Nc1ccc2nncn2c1. The summed E-state index contributed by atoms with van der Waals surface area (Å²) in [4.78, 5) is 11.2. The van der Waals surface area contributed by atoms with Crippen molar-refractivity contribution in [3.8, 4) is 0 Å². The molecule has 0 atom stereocenters. The number of amides is 1. The smallest absolute Gasteiger partial charge is 0.250 e. The van der Waals surface area contributed by atoms with E-state index in [0.717, 1.165) is 5.65 Å². The molecular weight excluding hydrogens is 196 g/mol. The molecular formula is C9H10N4O2. The van der Waals surface area contributed by atoms with Gasteiger partial charge in [0.1, 0.15) is 12.9 Å². The molecule has 6 nitrogen and oxygen atoms in total. The first-order chi connectivity index (χ1) is 7.29. The zero-order valence-electron chi connectivity index (χ0n) is 8.17. The number of aromatic nitrogens is 3. The van der Waals surface area contributed by atoms with Crippen molar-refractivity contribution in [2.24, 2.45) is 0 Å². The Morgan fingerprint density at radius 2 is 2.47 bits per heavy atom. The largest absolute Gasteiger partial charge is 0.375 e. The minimum Gasteiger partial charge on any atom is -0.375 e. The Bertz CT molecular complexity index is 480. The molecule has 0 aliphatic rings. The van der Waals surface area contributed by atoms with Crippen LogP contribution in [0.25, 0.3) is 5.65 Å². The van der Waals surface area contributed by atoms with Crippen molar-refractivity contribution in [1.29, 1.82) is 0 Å². The number of ether oxygens (including phenoxy) is 1. The molecule has 15 heavy (non-hydrogen) atoms. The van der Waals surface area contributed by atoms with Crippen LogP contribution >= 0.6 is 0 Å². The number of rotatable bonds is 3. The molecule has 0 saturated heterocycles. The number of hydrogen-bond donors (Lipinski definition) is 1. The Labute approximate surface area is 85.9 Å². The monoisotopic (exact) mass is 206 g/mol. The molecule has 78 valence electrons. The predicted molar refractivity (Wildman–Crippen MR) is 53.5 cm³/mol. The molecule has 2 heterocycles. The number of hydrogen-bond acceptors (Lipinski definition) is 4. The average molecular weight is 206 g/mol. The second-order valence-electron chi connectivity index (χ2n) is 3.00. The highest BCUT2D eigenvalue weighted by Gasteiger charge is 2.02. The van der Waals surface area contributed by atoms with Crippen molar-refractivity contribution in [1.82, 2.24) is 14.6 Å². The van der Waals surface area contributed by atoms with Gasteiger partial charge in [-0.1, -0.05) is 0 Å². The number of pyridine rings is 1. The van der Waals surface area contributed by atoms with Gasteiger partial charge in [-0.3, -0.25) is 9.20 Å². The Morgan fingerprint density at radius 3 is 3.27 bits per heavy atom. The number of anilines is 1. The summed E-state index contributed by atoms with van der Waals surface area (Å²) < 4.78 is 6.43. The summed E-state index contributed by atoms with van der Waals surface area (Å²) in [6.45, 7) is 0.0419. The normalized spacial score (nSPS) is 10.5. The van der Waals surface area contributed by atoms with E-state index < -0.39 is 0 Å². The minimum atomic E-state index is -0.190. The number of nitrogens with zero attached hydrogens (tertiary/aromatic N) is 3. The van der Waals surface area contributed by atoms with E-state index >= 15 is 0 Å². The highest BCUT2D eigenvalue weighted by Crippen LogP contribution is 2.08. The summed E-state index contributed by atoms with van der Waals surface area (Å²) in [6, 6.07) is 3.53. The molecule has 6 heteroatoms. The summed E-state index contributed by atoms with van der Waals surface area (Å²) >= 11 is 0. The Morgan fingerprint density at radius 1 is 1.60 bits per heavy atom. The fourth-order valence-corrected chi connectivity index (χ4v) is 1.23. The molecule has 1 N–H and O–H groups in total. The molecule has 0 saturated carbocycles. The number of carbonyl (C=O) groups is 1. The molecule has 0 aliphatic carbocycles. The lowest BCUT2D eigenvalue weighted by molar-refractivity contribution is -0.119. The van der Waals surface area contributed by atoms with E-state index in [1.807, 2.05) is 0 Å². The maximum Gasteiger partial charge on any atom is 0.250 e. The zero-order chi connectivity index (χ0) is 10.7. The highest BCUT2D eigenvalue weighted by atomic mass is 16.5. The van der Waals surface area contributed by atoms with Crippen molar-refractivity contribution in [2.75, 3.05) is 19.0 Å². The molecule has 1 amide bonds. The average Bonchev–Trinajstić information content (AvgIpc) is 2.65. The van der Waals surface area contributed by atoms with Gasteiger partial charge >= 0.3 is 0 Å². The fourth-order valence-electron chi connectivity index (χ4n) is 1.23. The van der Waals surface area contributed by atoms with Crippen LogP contribution in [0.15, 0.2) is 24.7 Å². The van der Waals surface area contributed by atoms with Gasteiger partial charge < -0.3 is 10.1 Å². The van der Waals surface area contributed by atoms with Crippen LogP contribution in [0.3, 0.4) is 0 Å². The van der Waals surface area contributed by atoms with Gasteiger partial charge in [-0.15, -0.1) is 10.2 Å². The lowest BCUT2D eigenvalue weighted by atomic mass is 10.4. The number of nitrogens with one attached hydrogen (secondary N) is 1. The predicted octanol–water partition coefficient (Wildman–Crippen LogP) is 0.314. The maximum absolute atomic E-state index is 11.2. The summed E-state index contributed by atoms with van der Waals surface area (Å²) in [5.41, 5.74) is 1.42. The Kier molecular flexibility index (Phi) is 2.59. The zero-order valence-corrected chi connectivity index (χ0v) is 8.17. The molecule has 2 aromatic rings. The molecule has 0 aromatic carbocycles. The summed E-state index contributed by atoms with van der Waals surface area (Å²) in [6.07, 6.45) is 3.31. The standard InChI is InChI=1S/C9H10N4O2/c1-15-5-9(14)11-7-2-3-8-12-10-6-13(8)4-7/h2-4,6H,5H2,1H3,(H,11,14). The number of methoxy groups -OCH3 is 1. The lowest BCUT2D eigenvalue weighted by Gasteiger charge is -2.04. The van der Waals surface area contributed by atoms with E-state index in [0.29, 0.717) is 5.69 Å². The molecule has 0 spiro atoms. The van der Waals surface area contributed by atoms with Crippen LogP contribution in [0, 0.1) is 0 Å². The van der Waals surface area contributed by atoms with E-state index in [1.165, 1.54) is 7.11 Å². The van der Waals surface area contributed by atoms with Crippen molar-refractivity contribution in [3.63, 3.8) is 0 Å². The van der Waals surface area contributed by atoms with Gasteiger partial charge in [0.05, 0.1) is 5.69 Å². The van der Waals surface area contributed by atoms with Crippen LogP contribution in [0.4, 0.5) is 5.69 Å². The van der Waals surface area contributed by atoms with Crippen LogP contribution < -0.4 is 5.32 Å². The lowest BCUT2D eigenvalue weighted by Crippen LogP contribution is -2.17. The van der Waals surface area contributed by atoms with Crippen LogP contribution in [0.5, 0.6) is 0 Å². The maximum atomic E-state index is 11.2. The number of carbonyl (C=O) groups excluding carboxylic acids is 1. The first-order valence-corrected chi connectivity index (χ1v) is 4.38. The van der Waals surface area contributed by atoms with E-state index in [4.69, 9.17) is 4.74 Å². The molecule has 0 radical (unpaired) electrons. The van der Waals surface area contributed by atoms with Gasteiger partial charge in [-0.2, -0.15) is 0 Å². The number of fused-ring (bicyclic) bond motifs is 1. The Hall–Kier alpha value is -1.95. The van der Waals surface area contributed by atoms with Crippen molar-refractivity contribution in [3.05, 3.63) is 24.7 Å². The second-order valence-corrected chi connectivity index (χ2v) is 3.00. The molecule has 0 unspecified atom stereocenters. The second kappa shape index (κ2) is 4.05. The van der Waals surface area contributed by atoms with E-state index in [9.17, 15) is 4.79 Å². The van der Waals surface area contributed by atoms with Gasteiger partial charge in [0.2, 0.25) is 5.91 Å². The minimum absolute atomic E-state index is 0.0419. The van der Waals surface area contributed by atoms with E-state index in [2.05, 4.69) is 15.5 Å². The highest BCUT2D eigenvalue weighted by molar-refractivity contribution is 5.91. The summed E-state index contributed by atoms with van der Waals surface area (Å²) in [5.74, 6) is -0.190. The quantitative estimate of drug-likeness (QED) is 0.785. The summed E-state index contributed by atoms with van der Waals surface area (Å²) in [5, 5.41) is 10.3. The third kappa shape index (κ3) is 2.10. The van der Waals surface area contributed by atoms with E-state index in [-0.39, 0.29) is 12.5 Å².